The first kappa shape index (κ1) is 21.4. The van der Waals surface area contributed by atoms with Gasteiger partial charge < -0.3 is 20.1 Å². The number of halogens is 3. The highest BCUT2D eigenvalue weighted by Crippen LogP contribution is 2.30. The van der Waals surface area contributed by atoms with Crippen LogP contribution < -0.4 is 10.1 Å². The lowest BCUT2D eigenvalue weighted by Gasteiger charge is -2.22. The molecule has 0 aliphatic rings. The summed E-state index contributed by atoms with van der Waals surface area (Å²) in [7, 11) is 1.51. The van der Waals surface area contributed by atoms with Crippen LogP contribution >= 0.6 is 0 Å². The number of pyridine rings is 1. The first-order valence-electron chi connectivity index (χ1n) is 9.08. The van der Waals surface area contributed by atoms with E-state index in [0.29, 0.717) is 11.2 Å². The number of rotatable bonds is 6. The average molecular weight is 419 g/mol. The summed E-state index contributed by atoms with van der Waals surface area (Å²) in [4.78, 5) is 18.0. The number of aliphatic hydroxyl groups is 1. The maximum atomic E-state index is 12.6. The highest BCUT2D eigenvalue weighted by Gasteiger charge is 2.30. The Hall–Kier alpha value is -3.33. The van der Waals surface area contributed by atoms with Crippen molar-refractivity contribution in [2.24, 2.45) is 0 Å². The van der Waals surface area contributed by atoms with Crippen LogP contribution in [-0.2, 0) is 6.18 Å². The Morgan fingerprint density at radius 2 is 1.87 bits per heavy atom. The van der Waals surface area contributed by atoms with Crippen molar-refractivity contribution in [3.05, 3.63) is 66.4 Å². The third kappa shape index (κ3) is 5.38. The molecule has 1 unspecified atom stereocenters. The zero-order chi connectivity index (χ0) is 21.7. The minimum Gasteiger partial charge on any atom is -0.491 e. The number of anilines is 1. The smallest absolute Gasteiger partial charge is 0.416 e. The van der Waals surface area contributed by atoms with Gasteiger partial charge in [0.2, 0.25) is 0 Å². The Bertz CT molecular complexity index is 1000. The first-order valence-corrected chi connectivity index (χ1v) is 9.08. The molecule has 1 aromatic heterocycles. The molecule has 1 heterocycles. The fraction of sp³-hybridized carbons (Fsp3) is 0.238. The van der Waals surface area contributed by atoms with Crippen LogP contribution in [0.1, 0.15) is 5.56 Å². The average Bonchev–Trinajstić information content (AvgIpc) is 2.72. The van der Waals surface area contributed by atoms with Crippen molar-refractivity contribution in [3.8, 4) is 5.75 Å². The van der Waals surface area contributed by atoms with Gasteiger partial charge in [0.25, 0.3) is 0 Å². The number of amides is 2. The van der Waals surface area contributed by atoms with Gasteiger partial charge in [-0.15, -0.1) is 0 Å². The third-order valence-corrected chi connectivity index (χ3v) is 4.33. The monoisotopic (exact) mass is 419 g/mol. The SMILES string of the molecule is CN(CC(O)COc1ccc(C(F)(F)F)cc1)C(=O)Nc1cccc2cccnc12. The summed E-state index contributed by atoms with van der Waals surface area (Å²) in [6, 6.07) is 12.8. The molecule has 0 saturated heterocycles. The fourth-order valence-corrected chi connectivity index (χ4v) is 2.80. The molecule has 2 amide bonds. The summed E-state index contributed by atoms with van der Waals surface area (Å²) in [6.45, 7) is -0.219. The lowest BCUT2D eigenvalue weighted by Crippen LogP contribution is -2.39. The number of alkyl halides is 3. The second-order valence-electron chi connectivity index (χ2n) is 6.68. The van der Waals surface area contributed by atoms with E-state index in [-0.39, 0.29) is 18.9 Å². The number of nitrogens with zero attached hydrogens (tertiary/aromatic N) is 2. The number of benzene rings is 2. The zero-order valence-electron chi connectivity index (χ0n) is 16.1. The van der Waals surface area contributed by atoms with Gasteiger partial charge in [-0.1, -0.05) is 18.2 Å². The number of hydrogen-bond donors (Lipinski definition) is 2. The predicted molar refractivity (Wildman–Crippen MR) is 106 cm³/mol. The van der Waals surface area contributed by atoms with E-state index in [1.165, 1.54) is 24.1 Å². The molecule has 3 rings (SSSR count). The van der Waals surface area contributed by atoms with Crippen LogP contribution in [0.15, 0.2) is 60.8 Å². The van der Waals surface area contributed by atoms with Gasteiger partial charge in [0, 0.05) is 18.6 Å². The molecule has 9 heteroatoms. The summed E-state index contributed by atoms with van der Waals surface area (Å²) in [6.07, 6.45) is -3.83. The van der Waals surface area contributed by atoms with Crippen LogP contribution in [0.25, 0.3) is 10.9 Å². The lowest BCUT2D eigenvalue weighted by molar-refractivity contribution is -0.137. The number of urea groups is 1. The van der Waals surface area contributed by atoms with E-state index in [0.717, 1.165) is 17.5 Å². The predicted octanol–water partition coefficient (Wildman–Crippen LogP) is 4.16. The minimum absolute atomic E-state index is 0.0370. The number of aliphatic hydroxyl groups excluding tert-OH is 1. The Morgan fingerprint density at radius 3 is 2.57 bits per heavy atom. The number of likely N-dealkylation sites (N-methyl/N-ethyl adjacent to an activating group) is 1. The summed E-state index contributed by atoms with van der Waals surface area (Å²) >= 11 is 0. The van der Waals surface area contributed by atoms with E-state index in [4.69, 9.17) is 4.74 Å². The maximum absolute atomic E-state index is 12.6. The first-order chi connectivity index (χ1) is 14.2. The molecule has 1 atom stereocenters. The molecular formula is C21H20F3N3O3. The van der Waals surface area contributed by atoms with Gasteiger partial charge in [0.15, 0.2) is 0 Å². The molecule has 158 valence electrons. The van der Waals surface area contributed by atoms with Gasteiger partial charge in [0.1, 0.15) is 18.5 Å². The Morgan fingerprint density at radius 1 is 1.17 bits per heavy atom. The van der Waals surface area contributed by atoms with Gasteiger partial charge in [-0.05, 0) is 36.4 Å². The van der Waals surface area contributed by atoms with Gasteiger partial charge in [-0.2, -0.15) is 13.2 Å². The normalized spacial score (nSPS) is 12.4. The van der Waals surface area contributed by atoms with Crippen LogP contribution in [0.5, 0.6) is 5.75 Å². The second kappa shape index (κ2) is 9.00. The molecule has 2 N–H and O–H groups in total. The van der Waals surface area contributed by atoms with Crippen molar-refractivity contribution in [2.45, 2.75) is 12.3 Å². The molecule has 0 spiro atoms. The molecule has 0 saturated carbocycles. The van der Waals surface area contributed by atoms with Crippen molar-refractivity contribution in [3.63, 3.8) is 0 Å². The Balaban J connectivity index is 1.52. The van der Waals surface area contributed by atoms with Crippen LogP contribution in [0.4, 0.5) is 23.7 Å². The van der Waals surface area contributed by atoms with E-state index in [1.807, 2.05) is 12.1 Å². The summed E-state index contributed by atoms with van der Waals surface area (Å²) in [5.74, 6) is 0.191. The number of carbonyl (C=O) groups excluding carboxylic acids is 1. The molecule has 6 nitrogen and oxygen atoms in total. The highest BCUT2D eigenvalue weighted by molar-refractivity contribution is 5.99. The number of para-hydroxylation sites is 1. The van der Waals surface area contributed by atoms with Crippen molar-refractivity contribution in [2.75, 3.05) is 25.5 Å². The molecule has 0 fully saturated rings. The van der Waals surface area contributed by atoms with Crippen molar-refractivity contribution in [1.82, 2.24) is 9.88 Å². The molecule has 30 heavy (non-hydrogen) atoms. The van der Waals surface area contributed by atoms with Crippen molar-refractivity contribution in [1.29, 1.82) is 0 Å². The van der Waals surface area contributed by atoms with E-state index < -0.39 is 23.9 Å². The van der Waals surface area contributed by atoms with E-state index >= 15 is 0 Å². The van der Waals surface area contributed by atoms with Crippen LogP contribution in [0, 0.1) is 0 Å². The molecule has 0 aliphatic carbocycles. The summed E-state index contributed by atoms with van der Waals surface area (Å²) in [5, 5.41) is 13.7. The van der Waals surface area contributed by atoms with E-state index in [9.17, 15) is 23.1 Å². The Labute approximate surface area is 170 Å². The highest BCUT2D eigenvalue weighted by atomic mass is 19.4. The standard InChI is InChI=1S/C21H20F3N3O3/c1-27(20(29)26-18-6-2-4-14-5-3-11-25-19(14)18)12-16(28)13-30-17-9-7-15(8-10-17)21(22,23)24/h2-11,16,28H,12-13H2,1H3,(H,26,29). The number of carbonyl (C=O) groups is 1. The maximum Gasteiger partial charge on any atom is 0.416 e. The Kier molecular flexibility index (Phi) is 6.41. The van der Waals surface area contributed by atoms with E-state index in [2.05, 4.69) is 10.3 Å². The number of aromatic nitrogens is 1. The fourth-order valence-electron chi connectivity index (χ4n) is 2.80. The van der Waals surface area contributed by atoms with Gasteiger partial charge >= 0.3 is 12.2 Å². The second-order valence-corrected chi connectivity index (χ2v) is 6.68. The van der Waals surface area contributed by atoms with Crippen LogP contribution in [0.3, 0.4) is 0 Å². The van der Waals surface area contributed by atoms with Crippen molar-refractivity contribution >= 4 is 22.6 Å². The molecular weight excluding hydrogens is 399 g/mol. The molecule has 0 bridgehead atoms. The lowest BCUT2D eigenvalue weighted by atomic mass is 10.2. The number of fused-ring (bicyclic) bond motifs is 1. The van der Waals surface area contributed by atoms with Crippen LogP contribution in [-0.4, -0.2) is 47.3 Å². The van der Waals surface area contributed by atoms with Crippen molar-refractivity contribution < 1.29 is 27.8 Å². The number of ether oxygens (including phenoxy) is 1. The summed E-state index contributed by atoms with van der Waals surface area (Å²) < 4.78 is 43.0. The largest absolute Gasteiger partial charge is 0.491 e. The van der Waals surface area contributed by atoms with Crippen LogP contribution in [0.2, 0.25) is 0 Å². The molecule has 2 aromatic carbocycles. The number of nitrogens with one attached hydrogen (secondary N) is 1. The molecule has 3 aromatic rings. The topological polar surface area (TPSA) is 74.7 Å². The molecule has 0 radical (unpaired) electrons. The van der Waals surface area contributed by atoms with Gasteiger partial charge in [0.05, 0.1) is 23.3 Å². The summed E-state index contributed by atoms with van der Waals surface area (Å²) in [5.41, 5.74) is 0.406. The zero-order valence-corrected chi connectivity index (χ0v) is 16.1. The number of hydrogen-bond acceptors (Lipinski definition) is 4. The van der Waals surface area contributed by atoms with Gasteiger partial charge in [-0.3, -0.25) is 4.98 Å². The van der Waals surface area contributed by atoms with Gasteiger partial charge in [-0.25, -0.2) is 4.79 Å². The quantitative estimate of drug-likeness (QED) is 0.629. The molecule has 0 aliphatic heterocycles. The minimum atomic E-state index is -4.42. The third-order valence-electron chi connectivity index (χ3n) is 4.33. The van der Waals surface area contributed by atoms with E-state index in [1.54, 1.807) is 24.4 Å².